The monoisotopic (exact) mass is 204 g/mol. The summed E-state index contributed by atoms with van der Waals surface area (Å²) in [6.45, 7) is 0.760. The summed E-state index contributed by atoms with van der Waals surface area (Å²) in [6, 6.07) is 4.18. The highest BCUT2D eigenvalue weighted by Crippen LogP contribution is 2.34. The van der Waals surface area contributed by atoms with E-state index in [0.29, 0.717) is 5.92 Å². The molecule has 1 fully saturated rings. The number of nitrogens with two attached hydrogens (primary N) is 1. The third-order valence-corrected chi connectivity index (χ3v) is 3.59. The van der Waals surface area contributed by atoms with Crippen LogP contribution in [0.15, 0.2) is 24.5 Å². The minimum atomic E-state index is 0.527. The van der Waals surface area contributed by atoms with Gasteiger partial charge < -0.3 is 5.73 Å². The van der Waals surface area contributed by atoms with Crippen LogP contribution < -0.4 is 5.73 Å². The average Bonchev–Trinajstić information content (AvgIpc) is 2.33. The summed E-state index contributed by atoms with van der Waals surface area (Å²) in [5.74, 6) is 1.31. The molecule has 2 N–H and O–H groups in total. The Morgan fingerprint density at radius 2 is 2.13 bits per heavy atom. The first-order valence-electron chi connectivity index (χ1n) is 6.02. The predicted octanol–water partition coefficient (Wildman–Crippen LogP) is 2.70. The Kier molecular flexibility index (Phi) is 3.73. The Hall–Kier alpha value is -0.890. The molecule has 1 aliphatic rings. The molecule has 1 aromatic rings. The predicted molar refractivity (Wildman–Crippen MR) is 62.6 cm³/mol. The Morgan fingerprint density at radius 3 is 2.73 bits per heavy atom. The van der Waals surface area contributed by atoms with Crippen LogP contribution in [0.2, 0.25) is 0 Å². The van der Waals surface area contributed by atoms with Gasteiger partial charge in [-0.15, -0.1) is 0 Å². The fourth-order valence-electron chi connectivity index (χ4n) is 2.73. The molecule has 0 bridgehead atoms. The summed E-state index contributed by atoms with van der Waals surface area (Å²) in [6.07, 6.45) is 10.7. The first kappa shape index (κ1) is 10.6. The van der Waals surface area contributed by atoms with Gasteiger partial charge >= 0.3 is 0 Å². The second-order valence-corrected chi connectivity index (χ2v) is 4.53. The van der Waals surface area contributed by atoms with Crippen molar-refractivity contribution in [3.63, 3.8) is 0 Å². The lowest BCUT2D eigenvalue weighted by Crippen LogP contribution is -2.23. The molecule has 1 unspecified atom stereocenters. The fourth-order valence-corrected chi connectivity index (χ4v) is 2.73. The summed E-state index contributed by atoms with van der Waals surface area (Å²) in [5, 5.41) is 0. The number of aromatic nitrogens is 1. The second kappa shape index (κ2) is 5.26. The Labute approximate surface area is 91.9 Å². The highest BCUT2D eigenvalue weighted by atomic mass is 14.6. The van der Waals surface area contributed by atoms with Gasteiger partial charge in [0.05, 0.1) is 0 Å². The molecular weight excluding hydrogens is 184 g/mol. The van der Waals surface area contributed by atoms with E-state index in [-0.39, 0.29) is 0 Å². The molecule has 0 aromatic carbocycles. The first-order chi connectivity index (χ1) is 7.42. The van der Waals surface area contributed by atoms with Crippen LogP contribution in [0, 0.1) is 5.92 Å². The van der Waals surface area contributed by atoms with Gasteiger partial charge in [-0.3, -0.25) is 4.98 Å². The van der Waals surface area contributed by atoms with Crippen LogP contribution in [0.1, 0.15) is 43.6 Å². The summed E-state index contributed by atoms with van der Waals surface area (Å²) < 4.78 is 0. The van der Waals surface area contributed by atoms with Gasteiger partial charge in [-0.2, -0.15) is 0 Å². The highest BCUT2D eigenvalue weighted by Gasteiger charge is 2.23. The van der Waals surface area contributed by atoms with Crippen molar-refractivity contribution in [3.05, 3.63) is 30.1 Å². The van der Waals surface area contributed by atoms with Crippen molar-refractivity contribution >= 4 is 0 Å². The first-order valence-corrected chi connectivity index (χ1v) is 6.02. The SMILES string of the molecule is NCC(c1cccnc1)C1CCCCC1. The molecule has 0 radical (unpaired) electrons. The van der Waals surface area contributed by atoms with Gasteiger partial charge in [0.15, 0.2) is 0 Å². The number of hydrogen-bond donors (Lipinski definition) is 1. The van der Waals surface area contributed by atoms with E-state index < -0.39 is 0 Å². The fraction of sp³-hybridized carbons (Fsp3) is 0.615. The normalized spacial score (nSPS) is 20.1. The van der Waals surface area contributed by atoms with Gasteiger partial charge in [0.1, 0.15) is 0 Å². The van der Waals surface area contributed by atoms with Crippen molar-refractivity contribution in [2.45, 2.75) is 38.0 Å². The molecule has 82 valence electrons. The van der Waals surface area contributed by atoms with E-state index in [0.717, 1.165) is 12.5 Å². The molecule has 0 spiro atoms. The van der Waals surface area contributed by atoms with E-state index in [4.69, 9.17) is 5.73 Å². The van der Waals surface area contributed by atoms with Crippen LogP contribution >= 0.6 is 0 Å². The number of pyridine rings is 1. The van der Waals surface area contributed by atoms with Crippen molar-refractivity contribution in [1.82, 2.24) is 4.98 Å². The lowest BCUT2D eigenvalue weighted by atomic mass is 9.77. The molecule has 1 heterocycles. The van der Waals surface area contributed by atoms with Crippen molar-refractivity contribution in [2.24, 2.45) is 11.7 Å². The third-order valence-electron chi connectivity index (χ3n) is 3.59. The molecule has 0 saturated heterocycles. The lowest BCUT2D eigenvalue weighted by Gasteiger charge is -2.29. The van der Waals surface area contributed by atoms with Crippen molar-refractivity contribution in [3.8, 4) is 0 Å². The van der Waals surface area contributed by atoms with Crippen LogP contribution in [-0.4, -0.2) is 11.5 Å². The largest absolute Gasteiger partial charge is 0.330 e. The molecule has 1 aromatic heterocycles. The van der Waals surface area contributed by atoms with E-state index in [2.05, 4.69) is 11.1 Å². The number of hydrogen-bond acceptors (Lipinski definition) is 2. The molecule has 2 rings (SSSR count). The molecule has 2 nitrogen and oxygen atoms in total. The average molecular weight is 204 g/mol. The quantitative estimate of drug-likeness (QED) is 0.822. The smallest absolute Gasteiger partial charge is 0.0303 e. The van der Waals surface area contributed by atoms with Crippen molar-refractivity contribution in [2.75, 3.05) is 6.54 Å². The van der Waals surface area contributed by atoms with E-state index in [9.17, 15) is 0 Å². The van der Waals surface area contributed by atoms with E-state index in [1.807, 2.05) is 18.5 Å². The standard InChI is InChI=1S/C13H20N2/c14-9-13(11-5-2-1-3-6-11)12-7-4-8-15-10-12/h4,7-8,10-11,13H,1-3,5-6,9,14H2. The van der Waals surface area contributed by atoms with Gasteiger partial charge in [0, 0.05) is 18.3 Å². The van der Waals surface area contributed by atoms with Crippen LogP contribution in [-0.2, 0) is 0 Å². The summed E-state index contributed by atoms with van der Waals surface area (Å²) in [5.41, 5.74) is 7.23. The second-order valence-electron chi connectivity index (χ2n) is 4.53. The van der Waals surface area contributed by atoms with Crippen LogP contribution in [0.3, 0.4) is 0 Å². The molecule has 15 heavy (non-hydrogen) atoms. The van der Waals surface area contributed by atoms with Gasteiger partial charge in [-0.1, -0.05) is 25.3 Å². The van der Waals surface area contributed by atoms with Gasteiger partial charge in [0.2, 0.25) is 0 Å². The maximum atomic E-state index is 5.91. The van der Waals surface area contributed by atoms with Gasteiger partial charge in [0.25, 0.3) is 0 Å². The Morgan fingerprint density at radius 1 is 1.33 bits per heavy atom. The Balaban J connectivity index is 2.09. The zero-order valence-electron chi connectivity index (χ0n) is 9.23. The minimum Gasteiger partial charge on any atom is -0.330 e. The molecular formula is C13H20N2. The highest BCUT2D eigenvalue weighted by molar-refractivity contribution is 5.16. The molecule has 1 aliphatic carbocycles. The van der Waals surface area contributed by atoms with Crippen molar-refractivity contribution in [1.29, 1.82) is 0 Å². The van der Waals surface area contributed by atoms with Gasteiger partial charge in [-0.05, 0) is 36.9 Å². The number of rotatable bonds is 3. The molecule has 1 atom stereocenters. The summed E-state index contributed by atoms with van der Waals surface area (Å²) in [4.78, 5) is 4.19. The summed E-state index contributed by atoms with van der Waals surface area (Å²) in [7, 11) is 0. The molecule has 1 saturated carbocycles. The van der Waals surface area contributed by atoms with E-state index in [1.165, 1.54) is 37.7 Å². The Bertz CT molecular complexity index is 278. The summed E-state index contributed by atoms with van der Waals surface area (Å²) >= 11 is 0. The molecule has 0 amide bonds. The van der Waals surface area contributed by atoms with Crippen LogP contribution in [0.25, 0.3) is 0 Å². The zero-order valence-corrected chi connectivity index (χ0v) is 9.23. The topological polar surface area (TPSA) is 38.9 Å². The zero-order chi connectivity index (χ0) is 10.5. The van der Waals surface area contributed by atoms with E-state index >= 15 is 0 Å². The van der Waals surface area contributed by atoms with Crippen LogP contribution in [0.4, 0.5) is 0 Å². The third kappa shape index (κ3) is 2.57. The van der Waals surface area contributed by atoms with E-state index in [1.54, 1.807) is 0 Å². The maximum absolute atomic E-state index is 5.91. The lowest BCUT2D eigenvalue weighted by molar-refractivity contribution is 0.307. The van der Waals surface area contributed by atoms with Gasteiger partial charge in [-0.25, -0.2) is 0 Å². The maximum Gasteiger partial charge on any atom is 0.0303 e. The minimum absolute atomic E-state index is 0.527. The van der Waals surface area contributed by atoms with Crippen LogP contribution in [0.5, 0.6) is 0 Å². The molecule has 0 aliphatic heterocycles. The molecule has 2 heteroatoms. The number of nitrogens with zero attached hydrogens (tertiary/aromatic N) is 1. The van der Waals surface area contributed by atoms with Crippen molar-refractivity contribution < 1.29 is 0 Å².